The van der Waals surface area contributed by atoms with E-state index in [1.807, 2.05) is 59.6 Å². The molecule has 2 amide bonds. The molecule has 1 saturated heterocycles. The molecule has 0 spiro atoms. The Morgan fingerprint density at radius 2 is 1.78 bits per heavy atom. The standard InChI is InChI=1S/C33H34F3N7O2/c34-33(35,36)14-9-29(44)41-19-12-25(13-20-41)28-4-2-16-43-30(28)39-32(40-43)38-27-7-5-26(6-8-27)31(45)42-17-10-23(11-18-42)21-24-3-1-15-37-22-24/h1-8,12,15-16,22-23H,9-11,13-14,17-21H2,(H,38,40). The molecule has 0 bridgehead atoms. The third-order valence-corrected chi connectivity index (χ3v) is 8.43. The van der Waals surface area contributed by atoms with E-state index in [-0.39, 0.29) is 12.5 Å². The lowest BCUT2D eigenvalue weighted by atomic mass is 9.90. The van der Waals surface area contributed by atoms with E-state index in [4.69, 9.17) is 0 Å². The van der Waals surface area contributed by atoms with Crippen molar-refractivity contribution in [3.8, 4) is 0 Å². The van der Waals surface area contributed by atoms with Crippen molar-refractivity contribution in [3.63, 3.8) is 0 Å². The van der Waals surface area contributed by atoms with Crippen LogP contribution >= 0.6 is 0 Å². The molecule has 12 heteroatoms. The predicted molar refractivity (Wildman–Crippen MR) is 164 cm³/mol. The average molecular weight is 618 g/mol. The number of nitrogens with zero attached hydrogens (tertiary/aromatic N) is 6. The molecule has 5 heterocycles. The largest absolute Gasteiger partial charge is 0.389 e. The summed E-state index contributed by atoms with van der Waals surface area (Å²) < 4.78 is 39.2. The summed E-state index contributed by atoms with van der Waals surface area (Å²) in [5, 5.41) is 7.75. The second-order valence-electron chi connectivity index (χ2n) is 11.6. The van der Waals surface area contributed by atoms with Crippen molar-refractivity contribution in [2.24, 2.45) is 5.92 Å². The SMILES string of the molecule is O=C(CCC(F)(F)F)N1CC=C(c2cccn3nc(Nc4ccc(C(=O)N5CCC(Cc6cccnc6)CC5)cc4)nc23)CC1. The topological polar surface area (TPSA) is 95.7 Å². The van der Waals surface area contributed by atoms with Crippen molar-refractivity contribution in [2.45, 2.75) is 44.7 Å². The van der Waals surface area contributed by atoms with Crippen LogP contribution < -0.4 is 5.32 Å². The Kier molecular flexibility index (Phi) is 8.81. The number of anilines is 2. The summed E-state index contributed by atoms with van der Waals surface area (Å²) in [4.78, 5) is 37.6. The molecule has 0 unspecified atom stereocenters. The Hall–Kier alpha value is -4.74. The van der Waals surface area contributed by atoms with E-state index in [0.29, 0.717) is 36.0 Å². The van der Waals surface area contributed by atoms with Crippen LogP contribution in [0.1, 0.15) is 53.6 Å². The molecule has 0 radical (unpaired) electrons. The first-order valence-corrected chi connectivity index (χ1v) is 15.2. The maximum absolute atomic E-state index is 13.2. The quantitative estimate of drug-likeness (QED) is 0.264. The number of nitrogens with one attached hydrogen (secondary N) is 1. The molecule has 4 aromatic rings. The lowest BCUT2D eigenvalue weighted by molar-refractivity contribution is -0.148. The van der Waals surface area contributed by atoms with Gasteiger partial charge < -0.3 is 15.1 Å². The number of fused-ring (bicyclic) bond motifs is 1. The third-order valence-electron chi connectivity index (χ3n) is 8.43. The third kappa shape index (κ3) is 7.50. The van der Waals surface area contributed by atoms with E-state index in [2.05, 4.69) is 26.4 Å². The number of amides is 2. The van der Waals surface area contributed by atoms with Gasteiger partial charge in [0.25, 0.3) is 5.91 Å². The van der Waals surface area contributed by atoms with Crippen LogP contribution in [-0.4, -0.2) is 73.6 Å². The molecular formula is C33H34F3N7O2. The zero-order chi connectivity index (χ0) is 31.4. The molecule has 1 aromatic carbocycles. The van der Waals surface area contributed by atoms with E-state index in [9.17, 15) is 22.8 Å². The molecule has 45 heavy (non-hydrogen) atoms. The number of likely N-dealkylation sites (tertiary alicyclic amines) is 1. The van der Waals surface area contributed by atoms with Crippen molar-refractivity contribution in [3.05, 3.63) is 89.9 Å². The van der Waals surface area contributed by atoms with E-state index in [1.54, 1.807) is 16.9 Å². The summed E-state index contributed by atoms with van der Waals surface area (Å²) in [6, 6.07) is 15.1. The van der Waals surface area contributed by atoms with Crippen molar-refractivity contribution >= 4 is 34.7 Å². The summed E-state index contributed by atoms with van der Waals surface area (Å²) in [5.74, 6) is 0.466. The first-order chi connectivity index (χ1) is 21.7. The van der Waals surface area contributed by atoms with Gasteiger partial charge in [0.15, 0.2) is 5.65 Å². The number of benzene rings is 1. The van der Waals surface area contributed by atoms with Gasteiger partial charge in [-0.25, -0.2) is 4.52 Å². The molecular weight excluding hydrogens is 583 g/mol. The van der Waals surface area contributed by atoms with Crippen LogP contribution in [0.15, 0.2) is 73.2 Å². The van der Waals surface area contributed by atoms with Crippen molar-refractivity contribution in [1.29, 1.82) is 0 Å². The van der Waals surface area contributed by atoms with Crippen LogP contribution in [0.3, 0.4) is 0 Å². The molecule has 0 atom stereocenters. The lowest BCUT2D eigenvalue weighted by Gasteiger charge is -2.32. The van der Waals surface area contributed by atoms with E-state index in [0.717, 1.165) is 49.2 Å². The van der Waals surface area contributed by atoms with Crippen LogP contribution in [0, 0.1) is 5.92 Å². The van der Waals surface area contributed by atoms with E-state index in [1.165, 1.54) is 10.5 Å². The summed E-state index contributed by atoms with van der Waals surface area (Å²) in [7, 11) is 0. The van der Waals surface area contributed by atoms with Gasteiger partial charge >= 0.3 is 6.18 Å². The second-order valence-corrected chi connectivity index (χ2v) is 11.6. The van der Waals surface area contributed by atoms with Gasteiger partial charge in [0.1, 0.15) is 0 Å². The van der Waals surface area contributed by atoms with Crippen molar-refractivity contribution in [2.75, 3.05) is 31.5 Å². The minimum atomic E-state index is -4.35. The van der Waals surface area contributed by atoms with Gasteiger partial charge in [0.05, 0.1) is 6.42 Å². The van der Waals surface area contributed by atoms with Crippen LogP contribution in [0.4, 0.5) is 24.8 Å². The van der Waals surface area contributed by atoms with Crippen molar-refractivity contribution in [1.82, 2.24) is 29.4 Å². The summed E-state index contributed by atoms with van der Waals surface area (Å²) >= 11 is 0. The molecule has 0 aliphatic carbocycles. The molecule has 3 aromatic heterocycles. The summed E-state index contributed by atoms with van der Waals surface area (Å²) in [6.45, 7) is 2.07. The van der Waals surface area contributed by atoms with E-state index < -0.39 is 24.9 Å². The Morgan fingerprint density at radius 3 is 2.47 bits per heavy atom. The molecule has 2 aliphatic heterocycles. The number of pyridine rings is 2. The number of aromatic nitrogens is 4. The Bertz CT molecular complexity index is 1680. The first-order valence-electron chi connectivity index (χ1n) is 15.2. The number of carbonyl (C=O) groups excluding carboxylic acids is 2. The normalized spacial score (nSPS) is 16.1. The molecule has 9 nitrogen and oxygen atoms in total. The highest BCUT2D eigenvalue weighted by atomic mass is 19.4. The monoisotopic (exact) mass is 617 g/mol. The summed E-state index contributed by atoms with van der Waals surface area (Å²) in [6.07, 6.45) is 4.78. The van der Waals surface area contributed by atoms with Gasteiger partial charge in [0, 0.05) is 68.0 Å². The van der Waals surface area contributed by atoms with Crippen LogP contribution in [-0.2, 0) is 11.2 Å². The number of hydrogen-bond acceptors (Lipinski definition) is 6. The van der Waals surface area contributed by atoms with Crippen LogP contribution in [0.25, 0.3) is 11.2 Å². The number of halogens is 3. The van der Waals surface area contributed by atoms with Crippen LogP contribution in [0.2, 0.25) is 0 Å². The zero-order valence-corrected chi connectivity index (χ0v) is 24.7. The Labute approximate surface area is 258 Å². The molecule has 0 saturated carbocycles. The predicted octanol–water partition coefficient (Wildman–Crippen LogP) is 5.92. The number of piperidine rings is 1. The van der Waals surface area contributed by atoms with Gasteiger partial charge in [-0.3, -0.25) is 14.6 Å². The number of hydrogen-bond donors (Lipinski definition) is 1. The Morgan fingerprint density at radius 1 is 0.978 bits per heavy atom. The number of rotatable bonds is 8. The minimum absolute atomic E-state index is 0.0262. The lowest BCUT2D eigenvalue weighted by Crippen LogP contribution is -2.38. The molecule has 1 N–H and O–H groups in total. The van der Waals surface area contributed by atoms with Crippen LogP contribution in [0.5, 0.6) is 0 Å². The highest BCUT2D eigenvalue weighted by Gasteiger charge is 2.30. The van der Waals surface area contributed by atoms with E-state index >= 15 is 0 Å². The van der Waals surface area contributed by atoms with Crippen molar-refractivity contribution < 1.29 is 22.8 Å². The fourth-order valence-electron chi connectivity index (χ4n) is 5.96. The molecule has 234 valence electrons. The fourth-order valence-corrected chi connectivity index (χ4v) is 5.96. The first kappa shape index (κ1) is 30.3. The minimum Gasteiger partial charge on any atom is -0.339 e. The molecule has 2 aliphatic rings. The molecule has 6 rings (SSSR count). The van der Waals surface area contributed by atoms with Gasteiger partial charge in [0.2, 0.25) is 11.9 Å². The fraction of sp³-hybridized carbons (Fsp3) is 0.364. The number of carbonyl (C=O) groups is 2. The van der Waals surface area contributed by atoms with Gasteiger partial charge in [-0.2, -0.15) is 18.2 Å². The number of alkyl halides is 3. The maximum Gasteiger partial charge on any atom is 0.389 e. The maximum atomic E-state index is 13.2. The average Bonchev–Trinajstić information content (AvgIpc) is 3.47. The van der Waals surface area contributed by atoms with Gasteiger partial charge in [-0.15, -0.1) is 5.10 Å². The highest BCUT2D eigenvalue weighted by molar-refractivity contribution is 5.94. The Balaban J connectivity index is 1.05. The smallest absolute Gasteiger partial charge is 0.339 e. The molecule has 1 fully saturated rings. The van der Waals surface area contributed by atoms with Gasteiger partial charge in [-0.05, 0) is 85.2 Å². The highest BCUT2D eigenvalue weighted by Crippen LogP contribution is 2.28. The van der Waals surface area contributed by atoms with Gasteiger partial charge in [-0.1, -0.05) is 12.1 Å². The summed E-state index contributed by atoms with van der Waals surface area (Å²) in [5.41, 5.74) is 5.05. The second kappa shape index (κ2) is 13.1. The zero-order valence-electron chi connectivity index (χ0n) is 24.7.